The molecule has 1 atom stereocenters. The molecule has 1 aromatic carbocycles. The topological polar surface area (TPSA) is 44.4 Å². The van der Waals surface area contributed by atoms with E-state index in [0.29, 0.717) is 17.6 Å². The number of hydrogen-bond acceptors (Lipinski definition) is 2. The lowest BCUT2D eigenvalue weighted by Gasteiger charge is -2.31. The van der Waals surface area contributed by atoms with Crippen molar-refractivity contribution in [1.82, 2.24) is 15.5 Å². The number of halogens is 1. The first-order valence-electron chi connectivity index (χ1n) is 6.16. The molecule has 4 nitrogen and oxygen atoms in total. The van der Waals surface area contributed by atoms with Gasteiger partial charge in [-0.2, -0.15) is 0 Å². The monoisotopic (exact) mass is 267 g/mol. The number of piperazine rings is 1. The number of nitrogens with zero attached hydrogens (tertiary/aromatic N) is 1. The van der Waals surface area contributed by atoms with Crippen LogP contribution in [0.4, 0.5) is 4.79 Å². The van der Waals surface area contributed by atoms with Crippen LogP contribution in [0.1, 0.15) is 12.5 Å². The molecule has 1 aliphatic rings. The molecule has 1 aromatic rings. The van der Waals surface area contributed by atoms with E-state index in [1.807, 2.05) is 29.2 Å². The van der Waals surface area contributed by atoms with Gasteiger partial charge in [-0.1, -0.05) is 23.7 Å². The van der Waals surface area contributed by atoms with E-state index in [2.05, 4.69) is 17.6 Å². The molecule has 2 rings (SSSR count). The van der Waals surface area contributed by atoms with E-state index in [-0.39, 0.29) is 6.03 Å². The molecule has 1 heterocycles. The quantitative estimate of drug-likeness (QED) is 0.859. The molecule has 2 amide bonds. The standard InChI is InChI=1S/C13H18ClN3O/c1-10-9-17(6-5-15-10)13(18)16-8-11-3-2-4-12(14)7-11/h2-4,7,10,15H,5-6,8-9H2,1H3,(H,16,18)/t10-/m1/s1. The largest absolute Gasteiger partial charge is 0.334 e. The molecule has 18 heavy (non-hydrogen) atoms. The van der Waals surface area contributed by atoms with Gasteiger partial charge in [0.1, 0.15) is 0 Å². The second-order valence-electron chi connectivity index (χ2n) is 4.59. The van der Waals surface area contributed by atoms with E-state index < -0.39 is 0 Å². The lowest BCUT2D eigenvalue weighted by Crippen LogP contribution is -2.53. The molecule has 0 radical (unpaired) electrons. The Hall–Kier alpha value is -1.26. The van der Waals surface area contributed by atoms with E-state index in [1.165, 1.54) is 0 Å². The molecule has 2 N–H and O–H groups in total. The van der Waals surface area contributed by atoms with Crippen LogP contribution in [0.5, 0.6) is 0 Å². The summed E-state index contributed by atoms with van der Waals surface area (Å²) in [5.74, 6) is 0. The molecule has 0 unspecified atom stereocenters. The Labute approximate surface area is 112 Å². The Morgan fingerprint density at radius 2 is 2.44 bits per heavy atom. The van der Waals surface area contributed by atoms with Crippen molar-refractivity contribution in [2.45, 2.75) is 19.5 Å². The average Bonchev–Trinajstić information content (AvgIpc) is 2.36. The lowest BCUT2D eigenvalue weighted by atomic mass is 10.2. The van der Waals surface area contributed by atoms with Crippen LogP contribution in [0.15, 0.2) is 24.3 Å². The smallest absolute Gasteiger partial charge is 0.317 e. The van der Waals surface area contributed by atoms with Crippen molar-refractivity contribution in [2.75, 3.05) is 19.6 Å². The second kappa shape index (κ2) is 6.07. The van der Waals surface area contributed by atoms with Gasteiger partial charge >= 0.3 is 6.03 Å². The zero-order valence-corrected chi connectivity index (χ0v) is 11.2. The van der Waals surface area contributed by atoms with Crippen LogP contribution in [-0.2, 0) is 6.54 Å². The SMILES string of the molecule is C[C@@H]1CN(C(=O)NCc2cccc(Cl)c2)CCN1. The molecule has 0 aromatic heterocycles. The number of rotatable bonds is 2. The number of benzene rings is 1. The van der Waals surface area contributed by atoms with Gasteiger partial charge in [0.15, 0.2) is 0 Å². The third-order valence-corrected chi connectivity index (χ3v) is 3.22. The van der Waals surface area contributed by atoms with Crippen molar-refractivity contribution in [3.63, 3.8) is 0 Å². The Balaban J connectivity index is 1.84. The second-order valence-corrected chi connectivity index (χ2v) is 5.03. The highest BCUT2D eigenvalue weighted by atomic mass is 35.5. The third kappa shape index (κ3) is 3.62. The van der Waals surface area contributed by atoms with E-state index in [9.17, 15) is 4.79 Å². The highest BCUT2D eigenvalue weighted by molar-refractivity contribution is 6.30. The minimum atomic E-state index is -0.0108. The summed E-state index contributed by atoms with van der Waals surface area (Å²) in [5.41, 5.74) is 1.01. The minimum absolute atomic E-state index is 0.0108. The summed E-state index contributed by atoms with van der Waals surface area (Å²) in [4.78, 5) is 13.8. The Morgan fingerprint density at radius 3 is 3.17 bits per heavy atom. The first-order valence-corrected chi connectivity index (χ1v) is 6.53. The Kier molecular flexibility index (Phi) is 4.44. The van der Waals surface area contributed by atoms with Gasteiger partial charge in [0.25, 0.3) is 0 Å². The summed E-state index contributed by atoms with van der Waals surface area (Å²) < 4.78 is 0. The molecule has 0 aliphatic carbocycles. The van der Waals surface area contributed by atoms with E-state index in [4.69, 9.17) is 11.6 Å². The number of urea groups is 1. The highest BCUT2D eigenvalue weighted by Crippen LogP contribution is 2.10. The summed E-state index contributed by atoms with van der Waals surface area (Å²) in [7, 11) is 0. The van der Waals surface area contributed by atoms with Crippen molar-refractivity contribution in [1.29, 1.82) is 0 Å². The van der Waals surface area contributed by atoms with Crippen LogP contribution in [0.2, 0.25) is 5.02 Å². The molecule has 1 saturated heterocycles. The average molecular weight is 268 g/mol. The maximum atomic E-state index is 12.0. The maximum absolute atomic E-state index is 12.0. The van der Waals surface area contributed by atoms with Crippen molar-refractivity contribution in [3.8, 4) is 0 Å². The number of amides is 2. The number of hydrogen-bond donors (Lipinski definition) is 2. The van der Waals surface area contributed by atoms with Gasteiger partial charge in [-0.05, 0) is 24.6 Å². The van der Waals surface area contributed by atoms with Gasteiger partial charge in [0.05, 0.1) is 0 Å². The molecule has 0 saturated carbocycles. The zero-order chi connectivity index (χ0) is 13.0. The predicted molar refractivity (Wildman–Crippen MR) is 72.7 cm³/mol. The minimum Gasteiger partial charge on any atom is -0.334 e. The van der Waals surface area contributed by atoms with E-state index >= 15 is 0 Å². The van der Waals surface area contributed by atoms with Crippen molar-refractivity contribution < 1.29 is 4.79 Å². The summed E-state index contributed by atoms with van der Waals surface area (Å²) in [6, 6.07) is 7.87. The van der Waals surface area contributed by atoms with Crippen LogP contribution in [0.3, 0.4) is 0 Å². The Bertz CT molecular complexity index is 424. The molecule has 0 bridgehead atoms. The van der Waals surface area contributed by atoms with Gasteiger partial charge in [-0.15, -0.1) is 0 Å². The van der Waals surface area contributed by atoms with Crippen LogP contribution in [-0.4, -0.2) is 36.6 Å². The number of carbonyl (C=O) groups excluding carboxylic acids is 1. The fourth-order valence-electron chi connectivity index (χ4n) is 2.05. The van der Waals surface area contributed by atoms with E-state index in [1.54, 1.807) is 0 Å². The van der Waals surface area contributed by atoms with Gasteiger partial charge in [0, 0.05) is 37.2 Å². The molecular weight excluding hydrogens is 250 g/mol. The van der Waals surface area contributed by atoms with Crippen molar-refractivity contribution >= 4 is 17.6 Å². The Morgan fingerprint density at radius 1 is 1.61 bits per heavy atom. The van der Waals surface area contributed by atoms with Crippen LogP contribution in [0, 0.1) is 0 Å². The first-order chi connectivity index (χ1) is 8.65. The fraction of sp³-hybridized carbons (Fsp3) is 0.462. The molecule has 5 heteroatoms. The van der Waals surface area contributed by atoms with Crippen LogP contribution >= 0.6 is 11.6 Å². The molecule has 98 valence electrons. The molecular formula is C13H18ClN3O. The molecule has 0 spiro atoms. The van der Waals surface area contributed by atoms with Crippen LogP contribution in [0.25, 0.3) is 0 Å². The maximum Gasteiger partial charge on any atom is 0.317 e. The summed E-state index contributed by atoms with van der Waals surface area (Å²) in [6.45, 7) is 4.95. The summed E-state index contributed by atoms with van der Waals surface area (Å²) in [6.07, 6.45) is 0. The summed E-state index contributed by atoms with van der Waals surface area (Å²) >= 11 is 5.90. The van der Waals surface area contributed by atoms with Gasteiger partial charge < -0.3 is 15.5 Å². The molecule has 1 fully saturated rings. The number of nitrogens with one attached hydrogen (secondary N) is 2. The van der Waals surface area contributed by atoms with Crippen molar-refractivity contribution in [3.05, 3.63) is 34.9 Å². The van der Waals surface area contributed by atoms with Gasteiger partial charge in [-0.25, -0.2) is 4.79 Å². The highest BCUT2D eigenvalue weighted by Gasteiger charge is 2.19. The van der Waals surface area contributed by atoms with Gasteiger partial charge in [0.2, 0.25) is 0 Å². The number of carbonyl (C=O) groups is 1. The first kappa shape index (κ1) is 13.2. The molecule has 1 aliphatic heterocycles. The van der Waals surface area contributed by atoms with E-state index in [0.717, 1.165) is 25.2 Å². The normalized spacial score (nSPS) is 19.7. The summed E-state index contributed by atoms with van der Waals surface area (Å²) in [5, 5.41) is 6.92. The van der Waals surface area contributed by atoms with Crippen LogP contribution < -0.4 is 10.6 Å². The zero-order valence-electron chi connectivity index (χ0n) is 10.4. The third-order valence-electron chi connectivity index (χ3n) is 2.99. The fourth-order valence-corrected chi connectivity index (χ4v) is 2.27. The van der Waals surface area contributed by atoms with Gasteiger partial charge in [-0.3, -0.25) is 0 Å². The predicted octanol–water partition coefficient (Wildman–Crippen LogP) is 1.84. The van der Waals surface area contributed by atoms with Crippen molar-refractivity contribution in [2.24, 2.45) is 0 Å². The lowest BCUT2D eigenvalue weighted by molar-refractivity contribution is 0.179.